The van der Waals surface area contributed by atoms with Crippen LogP contribution in [0.2, 0.25) is 0 Å². The number of imide groups is 1. The first-order chi connectivity index (χ1) is 10.3. The summed E-state index contributed by atoms with van der Waals surface area (Å²) in [6.07, 6.45) is -0.745. The smallest absolute Gasteiger partial charge is 0.418 e. The minimum Gasteiger partial charge on any atom is -0.495 e. The van der Waals surface area contributed by atoms with Gasteiger partial charge in [0.1, 0.15) is 11.4 Å². The van der Waals surface area contributed by atoms with Crippen LogP contribution in [0.3, 0.4) is 0 Å². The number of nitrogens with zero attached hydrogens (tertiary/aromatic N) is 1. The molecule has 3 amide bonds. The first-order valence-electron chi connectivity index (χ1n) is 6.93. The summed E-state index contributed by atoms with van der Waals surface area (Å²) in [5, 5.41) is 2.62. The molecular weight excluding hydrogens is 286 g/mol. The molecule has 0 bridgehead atoms. The Hall–Kier alpha value is -2.28. The van der Waals surface area contributed by atoms with E-state index in [0.717, 1.165) is 4.90 Å². The number of carbonyl (C=O) groups is 2. The van der Waals surface area contributed by atoms with Crippen molar-refractivity contribution in [3.63, 3.8) is 0 Å². The summed E-state index contributed by atoms with van der Waals surface area (Å²) >= 11 is 0. The summed E-state index contributed by atoms with van der Waals surface area (Å²) < 4.78 is 10.4. The van der Waals surface area contributed by atoms with Gasteiger partial charge in [0.15, 0.2) is 0 Å². The van der Waals surface area contributed by atoms with E-state index in [0.29, 0.717) is 11.4 Å². The molecule has 7 nitrogen and oxygen atoms in total. The van der Waals surface area contributed by atoms with Crippen molar-refractivity contribution in [2.45, 2.75) is 26.4 Å². The molecule has 0 heterocycles. The molecule has 1 aromatic rings. The normalized spacial score (nSPS) is 10.8. The molecule has 0 saturated heterocycles. The van der Waals surface area contributed by atoms with Crippen molar-refractivity contribution in [1.82, 2.24) is 4.90 Å². The highest BCUT2D eigenvalue weighted by molar-refractivity contribution is 5.99. The molecule has 0 aliphatic heterocycles. The second-order valence-corrected chi connectivity index (χ2v) is 5.55. The number of hydrogen-bond donors (Lipinski definition) is 2. The number of carbonyl (C=O) groups excluding carboxylic acids is 2. The largest absolute Gasteiger partial charge is 0.495 e. The predicted octanol–water partition coefficient (Wildman–Crippen LogP) is 2.42. The van der Waals surface area contributed by atoms with Gasteiger partial charge in [0.05, 0.1) is 12.8 Å². The van der Waals surface area contributed by atoms with Crippen molar-refractivity contribution in [1.29, 1.82) is 0 Å². The minimum atomic E-state index is -0.745. The number of para-hydroxylation sites is 2. The fraction of sp³-hybridized carbons (Fsp3) is 0.467. The summed E-state index contributed by atoms with van der Waals surface area (Å²) in [7, 11) is 1.50. The summed E-state index contributed by atoms with van der Waals surface area (Å²) in [5.41, 5.74) is 5.22. The van der Waals surface area contributed by atoms with Gasteiger partial charge in [-0.05, 0) is 32.9 Å². The summed E-state index contributed by atoms with van der Waals surface area (Å²) in [6, 6.07) is 6.28. The number of urea groups is 1. The number of rotatable bonds is 4. The fourth-order valence-electron chi connectivity index (χ4n) is 1.65. The van der Waals surface area contributed by atoms with E-state index in [2.05, 4.69) is 5.32 Å². The van der Waals surface area contributed by atoms with Crippen molar-refractivity contribution in [3.05, 3.63) is 24.3 Å². The van der Waals surface area contributed by atoms with Crippen LogP contribution in [0.15, 0.2) is 24.3 Å². The van der Waals surface area contributed by atoms with E-state index in [9.17, 15) is 9.59 Å². The van der Waals surface area contributed by atoms with E-state index < -0.39 is 17.7 Å². The van der Waals surface area contributed by atoms with Gasteiger partial charge in [-0.1, -0.05) is 12.1 Å². The minimum absolute atomic E-state index is 0.0515. The lowest BCUT2D eigenvalue weighted by molar-refractivity contribution is 0.0337. The van der Waals surface area contributed by atoms with Crippen LogP contribution in [-0.2, 0) is 4.74 Å². The average molecular weight is 309 g/mol. The van der Waals surface area contributed by atoms with Crippen molar-refractivity contribution in [2.75, 3.05) is 25.5 Å². The highest BCUT2D eigenvalue weighted by Gasteiger charge is 2.27. The van der Waals surface area contributed by atoms with Gasteiger partial charge in [-0.25, -0.2) is 14.5 Å². The Labute approximate surface area is 130 Å². The van der Waals surface area contributed by atoms with Gasteiger partial charge in [0.25, 0.3) is 0 Å². The van der Waals surface area contributed by atoms with Crippen LogP contribution in [-0.4, -0.2) is 42.8 Å². The molecule has 0 aliphatic rings. The van der Waals surface area contributed by atoms with Crippen LogP contribution in [0.5, 0.6) is 5.75 Å². The van der Waals surface area contributed by atoms with Gasteiger partial charge in [0.2, 0.25) is 0 Å². The van der Waals surface area contributed by atoms with Gasteiger partial charge < -0.3 is 20.5 Å². The maximum atomic E-state index is 12.3. The van der Waals surface area contributed by atoms with Crippen LogP contribution in [0.25, 0.3) is 0 Å². The molecule has 0 spiro atoms. The quantitative estimate of drug-likeness (QED) is 0.891. The zero-order chi connectivity index (χ0) is 16.8. The van der Waals surface area contributed by atoms with Gasteiger partial charge >= 0.3 is 12.1 Å². The maximum Gasteiger partial charge on any atom is 0.418 e. The Morgan fingerprint density at radius 1 is 1.27 bits per heavy atom. The third-order valence-electron chi connectivity index (χ3n) is 2.56. The monoisotopic (exact) mass is 309 g/mol. The molecule has 22 heavy (non-hydrogen) atoms. The summed E-state index contributed by atoms with van der Waals surface area (Å²) in [6.45, 7) is 5.37. The number of methoxy groups -OCH3 is 1. The van der Waals surface area contributed by atoms with Crippen LogP contribution in [0.1, 0.15) is 20.8 Å². The van der Waals surface area contributed by atoms with Crippen molar-refractivity contribution < 1.29 is 19.1 Å². The van der Waals surface area contributed by atoms with Crippen LogP contribution in [0.4, 0.5) is 15.3 Å². The number of hydrogen-bond acceptors (Lipinski definition) is 5. The molecule has 3 N–H and O–H groups in total. The molecule has 0 radical (unpaired) electrons. The zero-order valence-electron chi connectivity index (χ0n) is 13.4. The Balaban J connectivity index is 2.87. The molecule has 0 fully saturated rings. The highest BCUT2D eigenvalue weighted by atomic mass is 16.6. The second kappa shape index (κ2) is 7.65. The number of ether oxygens (including phenoxy) is 2. The molecular formula is C15H23N3O4. The van der Waals surface area contributed by atoms with Crippen LogP contribution < -0.4 is 15.8 Å². The second-order valence-electron chi connectivity index (χ2n) is 5.55. The topological polar surface area (TPSA) is 93.9 Å². The van der Waals surface area contributed by atoms with E-state index in [-0.39, 0.29) is 13.1 Å². The standard InChI is InChI=1S/C15H23N3O4/c1-15(2,3)22-14(20)18(10-9-16)13(19)17-11-7-5-6-8-12(11)21-4/h5-8H,9-10,16H2,1-4H3,(H,17,19). The number of anilines is 1. The SMILES string of the molecule is COc1ccccc1NC(=O)N(CCN)C(=O)OC(C)(C)C. The molecule has 0 saturated carbocycles. The molecule has 7 heteroatoms. The third-order valence-corrected chi connectivity index (χ3v) is 2.56. The van der Waals surface area contributed by atoms with E-state index in [1.54, 1.807) is 45.0 Å². The molecule has 0 unspecified atom stereocenters. The fourth-order valence-corrected chi connectivity index (χ4v) is 1.65. The average Bonchev–Trinajstić information content (AvgIpc) is 2.43. The van der Waals surface area contributed by atoms with Gasteiger partial charge in [0, 0.05) is 13.1 Å². The number of nitrogens with one attached hydrogen (secondary N) is 1. The number of nitrogens with two attached hydrogens (primary N) is 1. The van der Waals surface area contributed by atoms with E-state index in [1.165, 1.54) is 7.11 Å². The molecule has 1 aromatic carbocycles. The summed E-state index contributed by atoms with van der Waals surface area (Å²) in [5.74, 6) is 0.493. The highest BCUT2D eigenvalue weighted by Crippen LogP contribution is 2.23. The molecule has 0 aromatic heterocycles. The van der Waals surface area contributed by atoms with Gasteiger partial charge in [-0.2, -0.15) is 0 Å². The van der Waals surface area contributed by atoms with Crippen molar-refractivity contribution in [3.8, 4) is 5.75 Å². The molecule has 0 atom stereocenters. The lowest BCUT2D eigenvalue weighted by atomic mass is 10.2. The van der Waals surface area contributed by atoms with Gasteiger partial charge in [-0.15, -0.1) is 0 Å². The predicted molar refractivity (Wildman–Crippen MR) is 84.0 cm³/mol. The molecule has 0 aliphatic carbocycles. The Bertz CT molecular complexity index is 526. The van der Waals surface area contributed by atoms with E-state index in [4.69, 9.17) is 15.2 Å². The Morgan fingerprint density at radius 3 is 2.45 bits per heavy atom. The first kappa shape index (κ1) is 17.8. The molecule has 122 valence electrons. The lowest BCUT2D eigenvalue weighted by Crippen LogP contribution is -2.45. The van der Waals surface area contributed by atoms with Crippen molar-refractivity contribution >= 4 is 17.8 Å². The van der Waals surface area contributed by atoms with E-state index >= 15 is 0 Å². The Kier molecular flexibility index (Phi) is 6.18. The van der Waals surface area contributed by atoms with Gasteiger partial charge in [-0.3, -0.25) is 0 Å². The number of benzene rings is 1. The van der Waals surface area contributed by atoms with E-state index in [1.807, 2.05) is 0 Å². The zero-order valence-corrected chi connectivity index (χ0v) is 13.4. The van der Waals surface area contributed by atoms with Crippen LogP contribution >= 0.6 is 0 Å². The molecule has 1 rings (SSSR count). The van der Waals surface area contributed by atoms with Crippen molar-refractivity contribution in [2.24, 2.45) is 5.73 Å². The van der Waals surface area contributed by atoms with Crippen LogP contribution in [0, 0.1) is 0 Å². The summed E-state index contributed by atoms with van der Waals surface area (Å²) in [4.78, 5) is 25.3. The first-order valence-corrected chi connectivity index (χ1v) is 6.93. The number of amides is 3. The Morgan fingerprint density at radius 2 is 1.91 bits per heavy atom. The third kappa shape index (κ3) is 5.25. The maximum absolute atomic E-state index is 12.3. The lowest BCUT2D eigenvalue weighted by Gasteiger charge is -2.26.